The highest BCUT2D eigenvalue weighted by Gasteiger charge is 2.19. The van der Waals surface area contributed by atoms with E-state index in [9.17, 15) is 9.59 Å². The molecule has 8 nitrogen and oxygen atoms in total. The summed E-state index contributed by atoms with van der Waals surface area (Å²) in [4.78, 5) is 25.0. The third-order valence-electron chi connectivity index (χ3n) is 5.10. The molecule has 8 heteroatoms. The zero-order valence-corrected chi connectivity index (χ0v) is 18.3. The molecule has 0 radical (unpaired) electrons. The average Bonchev–Trinajstić information content (AvgIpc) is 3.24. The van der Waals surface area contributed by atoms with Gasteiger partial charge in [-0.25, -0.2) is 4.68 Å². The molecular formula is C24H25N3O5. The Morgan fingerprint density at radius 3 is 2.62 bits per heavy atom. The van der Waals surface area contributed by atoms with E-state index in [0.717, 1.165) is 22.4 Å². The van der Waals surface area contributed by atoms with Crippen molar-refractivity contribution in [2.24, 2.45) is 0 Å². The van der Waals surface area contributed by atoms with Gasteiger partial charge in [-0.2, -0.15) is 5.10 Å². The predicted octanol–water partition coefficient (Wildman–Crippen LogP) is 3.01. The van der Waals surface area contributed by atoms with Gasteiger partial charge < -0.3 is 19.5 Å². The normalized spacial score (nSPS) is 13.0. The standard InChI is InChI=1S/C24H25N3O5/c1-15-10-16(2)12-19(11-15)30-9-8-25-24(29)17(3)27-23(28)7-5-20(26-27)18-4-6-21-22(13-18)32-14-31-21/h4-7,10-13,17H,8-9,14H2,1-3H3,(H,25,29). The summed E-state index contributed by atoms with van der Waals surface area (Å²) < 4.78 is 17.6. The van der Waals surface area contributed by atoms with E-state index in [0.29, 0.717) is 30.3 Å². The summed E-state index contributed by atoms with van der Waals surface area (Å²) in [6, 6.07) is 13.6. The Kier molecular flexibility index (Phi) is 6.11. The van der Waals surface area contributed by atoms with Crippen LogP contribution in [-0.2, 0) is 4.79 Å². The molecular weight excluding hydrogens is 410 g/mol. The lowest BCUT2D eigenvalue weighted by Crippen LogP contribution is -2.38. The number of carbonyl (C=O) groups excluding carboxylic acids is 1. The van der Waals surface area contributed by atoms with Crippen molar-refractivity contribution in [2.45, 2.75) is 26.8 Å². The summed E-state index contributed by atoms with van der Waals surface area (Å²) in [6.07, 6.45) is 0. The Labute approximate surface area is 185 Å². The van der Waals surface area contributed by atoms with Gasteiger partial charge in [0.15, 0.2) is 11.5 Å². The van der Waals surface area contributed by atoms with Crippen molar-refractivity contribution in [3.05, 3.63) is 70.0 Å². The van der Waals surface area contributed by atoms with Crippen LogP contribution in [0.3, 0.4) is 0 Å². The van der Waals surface area contributed by atoms with Gasteiger partial charge in [-0.05, 0) is 68.3 Å². The highest BCUT2D eigenvalue weighted by Crippen LogP contribution is 2.35. The molecule has 0 aliphatic carbocycles. The minimum absolute atomic E-state index is 0.177. The molecule has 0 bridgehead atoms. The minimum Gasteiger partial charge on any atom is -0.492 e. The van der Waals surface area contributed by atoms with Crippen LogP contribution in [0.25, 0.3) is 11.3 Å². The number of aryl methyl sites for hydroxylation is 2. The maximum absolute atomic E-state index is 12.6. The van der Waals surface area contributed by atoms with Crippen LogP contribution in [0.4, 0.5) is 0 Å². The monoisotopic (exact) mass is 435 g/mol. The SMILES string of the molecule is Cc1cc(C)cc(OCCNC(=O)C(C)n2nc(-c3ccc4c(c3)OCO4)ccc2=O)c1. The van der Waals surface area contributed by atoms with Crippen molar-refractivity contribution in [1.29, 1.82) is 0 Å². The Morgan fingerprint density at radius 1 is 1.09 bits per heavy atom. The highest BCUT2D eigenvalue weighted by molar-refractivity contribution is 5.79. The molecule has 1 aliphatic heterocycles. The second kappa shape index (κ2) is 9.13. The van der Waals surface area contributed by atoms with Crippen molar-refractivity contribution < 1.29 is 19.0 Å². The first-order valence-electron chi connectivity index (χ1n) is 10.4. The molecule has 1 amide bonds. The second-order valence-corrected chi connectivity index (χ2v) is 7.71. The third kappa shape index (κ3) is 4.74. The molecule has 1 atom stereocenters. The first-order valence-corrected chi connectivity index (χ1v) is 10.4. The van der Waals surface area contributed by atoms with E-state index in [4.69, 9.17) is 14.2 Å². The molecule has 0 saturated heterocycles. The topological polar surface area (TPSA) is 91.7 Å². The Bertz CT molecular complexity index is 1180. The number of amides is 1. The molecule has 1 N–H and O–H groups in total. The van der Waals surface area contributed by atoms with Crippen LogP contribution in [0.15, 0.2) is 53.3 Å². The second-order valence-electron chi connectivity index (χ2n) is 7.71. The molecule has 1 aromatic heterocycles. The van der Waals surface area contributed by atoms with E-state index in [1.807, 2.05) is 32.0 Å². The van der Waals surface area contributed by atoms with Gasteiger partial charge in [0.1, 0.15) is 18.4 Å². The number of nitrogens with one attached hydrogen (secondary N) is 1. The lowest BCUT2D eigenvalue weighted by Gasteiger charge is -2.15. The number of fused-ring (bicyclic) bond motifs is 1. The first kappa shape index (κ1) is 21.4. The Hall–Kier alpha value is -3.81. The largest absolute Gasteiger partial charge is 0.492 e. The highest BCUT2D eigenvalue weighted by atomic mass is 16.7. The van der Waals surface area contributed by atoms with Gasteiger partial charge in [-0.1, -0.05) is 6.07 Å². The number of nitrogens with zero attached hydrogens (tertiary/aromatic N) is 2. The van der Waals surface area contributed by atoms with Gasteiger partial charge in [-0.3, -0.25) is 9.59 Å². The van der Waals surface area contributed by atoms with Crippen LogP contribution in [0.1, 0.15) is 24.1 Å². The number of hydrogen-bond donors (Lipinski definition) is 1. The van der Waals surface area contributed by atoms with Crippen molar-refractivity contribution in [2.75, 3.05) is 19.9 Å². The Balaban J connectivity index is 1.40. The maximum Gasteiger partial charge on any atom is 0.267 e. The summed E-state index contributed by atoms with van der Waals surface area (Å²) in [7, 11) is 0. The number of aromatic nitrogens is 2. The van der Waals surface area contributed by atoms with E-state index in [-0.39, 0.29) is 18.3 Å². The minimum atomic E-state index is -0.780. The van der Waals surface area contributed by atoms with Gasteiger partial charge in [-0.15, -0.1) is 0 Å². The van der Waals surface area contributed by atoms with Gasteiger partial charge in [0.25, 0.3) is 5.56 Å². The zero-order valence-electron chi connectivity index (χ0n) is 18.3. The molecule has 32 heavy (non-hydrogen) atoms. The summed E-state index contributed by atoms with van der Waals surface area (Å²) in [5, 5.41) is 7.20. The lowest BCUT2D eigenvalue weighted by molar-refractivity contribution is -0.124. The van der Waals surface area contributed by atoms with Crippen molar-refractivity contribution in [3.63, 3.8) is 0 Å². The van der Waals surface area contributed by atoms with Crippen LogP contribution in [0.2, 0.25) is 0 Å². The predicted molar refractivity (Wildman–Crippen MR) is 119 cm³/mol. The van der Waals surface area contributed by atoms with E-state index >= 15 is 0 Å². The van der Waals surface area contributed by atoms with E-state index in [1.165, 1.54) is 10.7 Å². The summed E-state index contributed by atoms with van der Waals surface area (Å²) in [5.74, 6) is 1.74. The average molecular weight is 435 g/mol. The fourth-order valence-corrected chi connectivity index (χ4v) is 3.53. The quantitative estimate of drug-likeness (QED) is 0.574. The molecule has 3 aromatic rings. The van der Waals surface area contributed by atoms with Crippen LogP contribution in [0, 0.1) is 13.8 Å². The molecule has 0 saturated carbocycles. The van der Waals surface area contributed by atoms with Crippen molar-refractivity contribution >= 4 is 5.91 Å². The van der Waals surface area contributed by atoms with Crippen LogP contribution in [-0.4, -0.2) is 35.6 Å². The maximum atomic E-state index is 12.6. The summed E-state index contributed by atoms with van der Waals surface area (Å²) in [5.41, 5.74) is 3.19. The summed E-state index contributed by atoms with van der Waals surface area (Å²) in [6.45, 7) is 6.46. The van der Waals surface area contributed by atoms with E-state index in [2.05, 4.69) is 16.5 Å². The number of ether oxygens (including phenoxy) is 3. The van der Waals surface area contributed by atoms with Gasteiger partial charge in [0.2, 0.25) is 12.7 Å². The number of carbonyl (C=O) groups is 1. The molecule has 2 heterocycles. The molecule has 166 valence electrons. The fourth-order valence-electron chi connectivity index (χ4n) is 3.53. The molecule has 1 aliphatic rings. The fraction of sp³-hybridized carbons (Fsp3) is 0.292. The smallest absolute Gasteiger partial charge is 0.267 e. The van der Waals surface area contributed by atoms with Gasteiger partial charge in [0.05, 0.1) is 12.2 Å². The lowest BCUT2D eigenvalue weighted by atomic mass is 10.1. The van der Waals surface area contributed by atoms with Gasteiger partial charge >= 0.3 is 0 Å². The molecule has 0 spiro atoms. The number of rotatable bonds is 7. The molecule has 2 aromatic carbocycles. The molecule has 4 rings (SSSR count). The van der Waals surface area contributed by atoms with Crippen molar-refractivity contribution in [3.8, 4) is 28.5 Å². The number of benzene rings is 2. The first-order chi connectivity index (χ1) is 15.4. The van der Waals surface area contributed by atoms with E-state index < -0.39 is 6.04 Å². The van der Waals surface area contributed by atoms with Crippen LogP contribution >= 0.6 is 0 Å². The van der Waals surface area contributed by atoms with E-state index in [1.54, 1.807) is 25.1 Å². The molecule has 0 fully saturated rings. The zero-order chi connectivity index (χ0) is 22.7. The number of hydrogen-bond acceptors (Lipinski definition) is 6. The van der Waals surface area contributed by atoms with Crippen LogP contribution < -0.4 is 25.1 Å². The Morgan fingerprint density at radius 2 is 1.84 bits per heavy atom. The van der Waals surface area contributed by atoms with Gasteiger partial charge in [0, 0.05) is 11.6 Å². The summed E-state index contributed by atoms with van der Waals surface area (Å²) >= 11 is 0. The molecule has 1 unspecified atom stereocenters. The van der Waals surface area contributed by atoms with Crippen LogP contribution in [0.5, 0.6) is 17.2 Å². The third-order valence-corrected chi connectivity index (χ3v) is 5.10. The van der Waals surface area contributed by atoms with Crippen molar-refractivity contribution in [1.82, 2.24) is 15.1 Å².